The molecule has 0 unspecified atom stereocenters. The number of rotatable bonds is 5. The van der Waals surface area contributed by atoms with E-state index in [0.717, 1.165) is 26.2 Å². The lowest BCUT2D eigenvalue weighted by Crippen LogP contribution is -2.61. The van der Waals surface area contributed by atoms with Crippen molar-refractivity contribution < 1.29 is 4.74 Å². The van der Waals surface area contributed by atoms with Crippen LogP contribution in [0.2, 0.25) is 0 Å². The number of hydrogen-bond acceptors (Lipinski definition) is 2. The second kappa shape index (κ2) is 5.55. The Labute approximate surface area is 114 Å². The topological polar surface area (TPSA) is 21.3 Å². The van der Waals surface area contributed by atoms with Gasteiger partial charge in [0.05, 0.1) is 18.8 Å². The van der Waals surface area contributed by atoms with Crippen molar-refractivity contribution in [3.05, 3.63) is 71.8 Å². The van der Waals surface area contributed by atoms with Crippen molar-refractivity contribution in [3.8, 4) is 0 Å². The van der Waals surface area contributed by atoms with Crippen LogP contribution in [0, 0.1) is 0 Å². The van der Waals surface area contributed by atoms with Crippen molar-refractivity contribution in [2.45, 2.75) is 18.5 Å². The molecule has 0 bridgehead atoms. The minimum atomic E-state index is 0.108. The fourth-order valence-corrected chi connectivity index (χ4v) is 2.49. The van der Waals surface area contributed by atoms with Gasteiger partial charge in [-0.05, 0) is 17.5 Å². The normalized spacial score (nSPS) is 16.8. The van der Waals surface area contributed by atoms with E-state index < -0.39 is 0 Å². The Balaban J connectivity index is 1.63. The fourth-order valence-electron chi connectivity index (χ4n) is 2.49. The second-order valence-electron chi connectivity index (χ2n) is 5.27. The third-order valence-electron chi connectivity index (χ3n) is 3.65. The fraction of sp³-hybridized carbons (Fsp3) is 0.294. The van der Waals surface area contributed by atoms with Crippen molar-refractivity contribution in [1.82, 2.24) is 5.32 Å². The van der Waals surface area contributed by atoms with Gasteiger partial charge in [0.1, 0.15) is 0 Å². The monoisotopic (exact) mass is 253 g/mol. The smallest absolute Gasteiger partial charge is 0.0696 e. The standard InChI is InChI=1S/C17H19NO/c1-3-7-15(8-4-1)11-17(13-19-14-17)18-12-16-9-5-2-6-10-16/h1-10,18H,11-14H2. The van der Waals surface area contributed by atoms with E-state index in [1.807, 2.05) is 0 Å². The molecule has 0 spiro atoms. The van der Waals surface area contributed by atoms with Gasteiger partial charge in [0.2, 0.25) is 0 Å². The van der Waals surface area contributed by atoms with Gasteiger partial charge in [-0.2, -0.15) is 0 Å². The molecule has 0 aromatic heterocycles. The summed E-state index contributed by atoms with van der Waals surface area (Å²) in [7, 11) is 0. The van der Waals surface area contributed by atoms with E-state index in [9.17, 15) is 0 Å². The molecule has 98 valence electrons. The van der Waals surface area contributed by atoms with E-state index in [1.54, 1.807) is 0 Å². The number of benzene rings is 2. The van der Waals surface area contributed by atoms with Crippen LogP contribution in [-0.4, -0.2) is 18.8 Å². The van der Waals surface area contributed by atoms with Gasteiger partial charge in [-0.25, -0.2) is 0 Å². The lowest BCUT2D eigenvalue weighted by molar-refractivity contribution is -0.0749. The Bertz CT molecular complexity index is 505. The number of hydrogen-bond donors (Lipinski definition) is 1. The van der Waals surface area contributed by atoms with Crippen molar-refractivity contribution >= 4 is 0 Å². The van der Waals surface area contributed by atoms with E-state index >= 15 is 0 Å². The average molecular weight is 253 g/mol. The Kier molecular flexibility index (Phi) is 3.62. The first-order valence-corrected chi connectivity index (χ1v) is 6.77. The van der Waals surface area contributed by atoms with Crippen molar-refractivity contribution in [1.29, 1.82) is 0 Å². The van der Waals surface area contributed by atoms with Crippen molar-refractivity contribution in [3.63, 3.8) is 0 Å². The molecule has 19 heavy (non-hydrogen) atoms. The molecule has 2 nitrogen and oxygen atoms in total. The van der Waals surface area contributed by atoms with Crippen LogP contribution >= 0.6 is 0 Å². The van der Waals surface area contributed by atoms with Gasteiger partial charge < -0.3 is 10.1 Å². The predicted molar refractivity (Wildman–Crippen MR) is 77.0 cm³/mol. The van der Waals surface area contributed by atoms with E-state index in [0.29, 0.717) is 0 Å². The first-order valence-electron chi connectivity index (χ1n) is 6.77. The Morgan fingerprint density at radius 2 is 1.42 bits per heavy atom. The van der Waals surface area contributed by atoms with Crippen LogP contribution in [-0.2, 0) is 17.7 Å². The van der Waals surface area contributed by atoms with Crippen LogP contribution in [0.5, 0.6) is 0 Å². The van der Waals surface area contributed by atoms with E-state index in [4.69, 9.17) is 4.74 Å². The van der Waals surface area contributed by atoms with Crippen LogP contribution in [0.4, 0.5) is 0 Å². The molecule has 0 saturated carbocycles. The van der Waals surface area contributed by atoms with Gasteiger partial charge in [-0.15, -0.1) is 0 Å². The lowest BCUT2D eigenvalue weighted by atomic mass is 9.88. The maximum Gasteiger partial charge on any atom is 0.0696 e. The van der Waals surface area contributed by atoms with Gasteiger partial charge >= 0.3 is 0 Å². The molecule has 3 rings (SSSR count). The summed E-state index contributed by atoms with van der Waals surface area (Å²) in [6, 6.07) is 21.1. The largest absolute Gasteiger partial charge is 0.377 e. The van der Waals surface area contributed by atoms with Crippen LogP contribution in [0.3, 0.4) is 0 Å². The van der Waals surface area contributed by atoms with E-state index in [2.05, 4.69) is 66.0 Å². The van der Waals surface area contributed by atoms with E-state index in [1.165, 1.54) is 11.1 Å². The third-order valence-corrected chi connectivity index (χ3v) is 3.65. The second-order valence-corrected chi connectivity index (χ2v) is 5.27. The first kappa shape index (κ1) is 12.4. The molecule has 2 heteroatoms. The minimum Gasteiger partial charge on any atom is -0.377 e. The summed E-state index contributed by atoms with van der Waals surface area (Å²) < 4.78 is 5.44. The molecule has 1 N–H and O–H groups in total. The Morgan fingerprint density at radius 1 is 0.842 bits per heavy atom. The van der Waals surface area contributed by atoms with E-state index in [-0.39, 0.29) is 5.54 Å². The van der Waals surface area contributed by atoms with Crippen LogP contribution in [0.25, 0.3) is 0 Å². The summed E-state index contributed by atoms with van der Waals surface area (Å²) >= 11 is 0. The Morgan fingerprint density at radius 3 is 1.95 bits per heavy atom. The van der Waals surface area contributed by atoms with Crippen LogP contribution in [0.15, 0.2) is 60.7 Å². The van der Waals surface area contributed by atoms with Gasteiger partial charge in [0.15, 0.2) is 0 Å². The number of nitrogens with one attached hydrogen (secondary N) is 1. The highest BCUT2D eigenvalue weighted by atomic mass is 16.5. The van der Waals surface area contributed by atoms with Gasteiger partial charge in [-0.1, -0.05) is 60.7 Å². The summed E-state index contributed by atoms with van der Waals surface area (Å²) in [6.07, 6.45) is 1.03. The molecule has 0 radical (unpaired) electrons. The maximum atomic E-state index is 5.44. The highest BCUT2D eigenvalue weighted by Gasteiger charge is 2.37. The molecule has 1 aliphatic heterocycles. The highest BCUT2D eigenvalue weighted by molar-refractivity contribution is 5.20. The molecule has 0 atom stereocenters. The third kappa shape index (κ3) is 3.03. The zero-order valence-corrected chi connectivity index (χ0v) is 11.0. The number of ether oxygens (including phenoxy) is 1. The zero-order valence-electron chi connectivity index (χ0n) is 11.0. The quantitative estimate of drug-likeness (QED) is 0.884. The zero-order chi connectivity index (χ0) is 13.0. The van der Waals surface area contributed by atoms with Gasteiger partial charge in [0.25, 0.3) is 0 Å². The molecular weight excluding hydrogens is 234 g/mol. The first-order chi connectivity index (χ1) is 9.36. The average Bonchev–Trinajstić information content (AvgIpc) is 2.44. The minimum absolute atomic E-state index is 0.108. The van der Waals surface area contributed by atoms with Crippen molar-refractivity contribution in [2.24, 2.45) is 0 Å². The van der Waals surface area contributed by atoms with Crippen molar-refractivity contribution in [2.75, 3.05) is 13.2 Å². The van der Waals surface area contributed by atoms with Crippen LogP contribution < -0.4 is 5.32 Å². The summed E-state index contributed by atoms with van der Waals surface area (Å²) in [5, 5.41) is 3.67. The summed E-state index contributed by atoms with van der Waals surface area (Å²) in [6.45, 7) is 2.50. The highest BCUT2D eigenvalue weighted by Crippen LogP contribution is 2.23. The maximum absolute atomic E-state index is 5.44. The summed E-state index contributed by atoms with van der Waals surface area (Å²) in [5.74, 6) is 0. The molecule has 0 amide bonds. The summed E-state index contributed by atoms with van der Waals surface area (Å²) in [4.78, 5) is 0. The molecule has 0 aliphatic carbocycles. The molecule has 1 fully saturated rings. The Hall–Kier alpha value is -1.64. The van der Waals surface area contributed by atoms with Crippen LogP contribution in [0.1, 0.15) is 11.1 Å². The molecule has 1 aliphatic rings. The molecular formula is C17H19NO. The molecule has 2 aromatic rings. The molecule has 1 heterocycles. The molecule has 1 saturated heterocycles. The van der Waals surface area contributed by atoms with Gasteiger partial charge in [0, 0.05) is 6.54 Å². The lowest BCUT2D eigenvalue weighted by Gasteiger charge is -2.42. The predicted octanol–water partition coefficient (Wildman–Crippen LogP) is 2.79. The SMILES string of the molecule is c1ccc(CNC2(Cc3ccccc3)COC2)cc1. The molecule has 2 aromatic carbocycles. The van der Waals surface area contributed by atoms with Gasteiger partial charge in [-0.3, -0.25) is 0 Å². The summed E-state index contributed by atoms with van der Waals surface area (Å²) in [5.41, 5.74) is 2.80.